The number of nitrogens with zero attached hydrogens (tertiary/aromatic N) is 1. The van der Waals surface area contributed by atoms with Crippen molar-refractivity contribution in [2.75, 3.05) is 10.6 Å². The van der Waals surface area contributed by atoms with Gasteiger partial charge < -0.3 is 10.6 Å². The molecule has 0 aliphatic carbocycles. The molecule has 0 aliphatic rings. The number of carbonyl (C=O) groups excluding carboxylic acids is 1. The van der Waals surface area contributed by atoms with Gasteiger partial charge in [0.2, 0.25) is 0 Å². The van der Waals surface area contributed by atoms with Crippen LogP contribution in [-0.2, 0) is 0 Å². The highest BCUT2D eigenvalue weighted by Crippen LogP contribution is 2.25. The van der Waals surface area contributed by atoms with E-state index in [2.05, 4.69) is 15.6 Å². The Morgan fingerprint density at radius 2 is 1.83 bits per heavy atom. The third-order valence-corrected chi connectivity index (χ3v) is 4.21. The van der Waals surface area contributed by atoms with Crippen LogP contribution in [0.2, 0.25) is 10.0 Å². The monoisotopic (exact) mass is 363 g/mol. The molecule has 0 unspecified atom stereocenters. The number of rotatable bonds is 4. The largest absolute Gasteiger partial charge is 0.354 e. The number of carbonyl (C=O) groups is 1. The second kappa shape index (κ2) is 7.00. The molecular weight excluding hydrogens is 353 g/mol. The van der Waals surface area contributed by atoms with Gasteiger partial charge in [0.05, 0.1) is 16.8 Å². The molecular formula is C16H11Cl2N3OS. The maximum absolute atomic E-state index is 11.9. The van der Waals surface area contributed by atoms with Crippen LogP contribution in [0.4, 0.5) is 17.2 Å². The first-order chi connectivity index (χ1) is 11.1. The second-order valence-corrected chi connectivity index (χ2v) is 6.47. The average Bonchev–Trinajstić information content (AvgIpc) is 3.02. The smallest absolute Gasteiger partial charge is 0.266 e. The summed E-state index contributed by atoms with van der Waals surface area (Å²) in [6, 6.07) is 12.3. The molecule has 116 valence electrons. The minimum Gasteiger partial charge on any atom is -0.354 e. The van der Waals surface area contributed by atoms with E-state index in [-0.39, 0.29) is 5.91 Å². The van der Waals surface area contributed by atoms with E-state index >= 15 is 0 Å². The molecule has 23 heavy (non-hydrogen) atoms. The Morgan fingerprint density at radius 3 is 2.43 bits per heavy atom. The highest BCUT2D eigenvalue weighted by molar-refractivity contribution is 7.12. The minimum atomic E-state index is -0.171. The Labute approximate surface area is 147 Å². The van der Waals surface area contributed by atoms with Gasteiger partial charge in [-0.1, -0.05) is 29.3 Å². The molecule has 0 saturated carbocycles. The molecule has 0 bridgehead atoms. The van der Waals surface area contributed by atoms with E-state index in [1.54, 1.807) is 36.5 Å². The summed E-state index contributed by atoms with van der Waals surface area (Å²) < 4.78 is 0. The van der Waals surface area contributed by atoms with Crippen molar-refractivity contribution in [1.29, 1.82) is 0 Å². The Kier molecular flexibility index (Phi) is 4.81. The number of anilines is 3. The van der Waals surface area contributed by atoms with Gasteiger partial charge in [-0.15, -0.1) is 11.3 Å². The summed E-state index contributed by atoms with van der Waals surface area (Å²) in [6.07, 6.45) is 1.62. The number of nitrogens with one attached hydrogen (secondary N) is 2. The predicted molar refractivity (Wildman–Crippen MR) is 96.3 cm³/mol. The third-order valence-electron chi connectivity index (χ3n) is 2.90. The lowest BCUT2D eigenvalue weighted by molar-refractivity contribution is 0.103. The van der Waals surface area contributed by atoms with Crippen molar-refractivity contribution < 1.29 is 4.79 Å². The SMILES string of the molecule is O=C(Nc1ccc(Nc2cc(Cl)cc(Cl)c2)cn1)c1cccs1. The number of benzene rings is 1. The van der Waals surface area contributed by atoms with Crippen LogP contribution < -0.4 is 10.6 Å². The quantitative estimate of drug-likeness (QED) is 0.648. The summed E-state index contributed by atoms with van der Waals surface area (Å²) >= 11 is 13.3. The molecule has 0 aliphatic heterocycles. The van der Waals surface area contributed by atoms with Gasteiger partial charge >= 0.3 is 0 Å². The van der Waals surface area contributed by atoms with Gasteiger partial charge in [0.25, 0.3) is 5.91 Å². The minimum absolute atomic E-state index is 0.171. The van der Waals surface area contributed by atoms with Crippen LogP contribution >= 0.6 is 34.5 Å². The van der Waals surface area contributed by atoms with Crippen LogP contribution in [0.3, 0.4) is 0 Å². The Bertz CT molecular complexity index is 800. The molecule has 0 spiro atoms. The molecule has 1 amide bonds. The van der Waals surface area contributed by atoms with Crippen molar-refractivity contribution in [2.24, 2.45) is 0 Å². The van der Waals surface area contributed by atoms with Gasteiger partial charge in [0, 0.05) is 15.7 Å². The zero-order chi connectivity index (χ0) is 16.2. The van der Waals surface area contributed by atoms with Gasteiger partial charge in [0.1, 0.15) is 5.82 Å². The lowest BCUT2D eigenvalue weighted by Gasteiger charge is -2.08. The van der Waals surface area contributed by atoms with Gasteiger partial charge in [-0.05, 0) is 41.8 Å². The molecule has 2 N–H and O–H groups in total. The number of hydrogen-bond donors (Lipinski definition) is 2. The third kappa shape index (κ3) is 4.22. The van der Waals surface area contributed by atoms with Crippen molar-refractivity contribution in [2.45, 2.75) is 0 Å². The summed E-state index contributed by atoms with van der Waals surface area (Å²) in [7, 11) is 0. The molecule has 2 heterocycles. The molecule has 1 aromatic carbocycles. The lowest BCUT2D eigenvalue weighted by atomic mass is 10.3. The Morgan fingerprint density at radius 1 is 1.04 bits per heavy atom. The van der Waals surface area contributed by atoms with Gasteiger partial charge in [-0.25, -0.2) is 4.98 Å². The molecule has 0 saturated heterocycles. The number of pyridine rings is 1. The van der Waals surface area contributed by atoms with Crippen molar-refractivity contribution in [3.05, 3.63) is 69.0 Å². The first-order valence-corrected chi connectivity index (χ1v) is 8.28. The summed E-state index contributed by atoms with van der Waals surface area (Å²) in [5.74, 6) is 0.313. The average molecular weight is 364 g/mol. The predicted octanol–water partition coefficient (Wildman–Crippen LogP) is 5.45. The van der Waals surface area contributed by atoms with Crippen molar-refractivity contribution >= 4 is 57.6 Å². The molecule has 3 aromatic rings. The summed E-state index contributed by atoms with van der Waals surface area (Å²) in [4.78, 5) is 16.8. The summed E-state index contributed by atoms with van der Waals surface area (Å²) in [6.45, 7) is 0. The van der Waals surface area contributed by atoms with Gasteiger partial charge in [-0.3, -0.25) is 4.79 Å². The zero-order valence-corrected chi connectivity index (χ0v) is 14.0. The number of amides is 1. The summed E-state index contributed by atoms with van der Waals surface area (Å²) in [5.41, 5.74) is 1.53. The van der Waals surface area contributed by atoms with E-state index in [1.165, 1.54) is 11.3 Å². The molecule has 4 nitrogen and oxygen atoms in total. The number of thiophene rings is 1. The van der Waals surface area contributed by atoms with E-state index in [0.717, 1.165) is 11.4 Å². The first kappa shape index (κ1) is 15.8. The first-order valence-electron chi connectivity index (χ1n) is 6.64. The Hall–Kier alpha value is -2.08. The number of halogens is 2. The number of hydrogen-bond acceptors (Lipinski definition) is 4. The number of aromatic nitrogens is 1. The van der Waals surface area contributed by atoms with Gasteiger partial charge in [0.15, 0.2) is 0 Å². The molecule has 7 heteroatoms. The van der Waals surface area contributed by atoms with E-state index in [9.17, 15) is 4.79 Å². The van der Waals surface area contributed by atoms with Crippen LogP contribution in [-0.4, -0.2) is 10.9 Å². The zero-order valence-electron chi connectivity index (χ0n) is 11.7. The summed E-state index contributed by atoms with van der Waals surface area (Å²) in [5, 5.41) is 8.85. The van der Waals surface area contributed by atoms with E-state index in [0.29, 0.717) is 20.7 Å². The van der Waals surface area contributed by atoms with Crippen LogP contribution in [0.5, 0.6) is 0 Å². The molecule has 0 atom stereocenters. The van der Waals surface area contributed by atoms with Crippen molar-refractivity contribution in [3.63, 3.8) is 0 Å². The van der Waals surface area contributed by atoms with Crippen LogP contribution in [0.15, 0.2) is 54.0 Å². The highest BCUT2D eigenvalue weighted by Gasteiger charge is 2.07. The molecule has 0 fully saturated rings. The van der Waals surface area contributed by atoms with E-state index < -0.39 is 0 Å². The van der Waals surface area contributed by atoms with Crippen LogP contribution in [0.1, 0.15) is 9.67 Å². The van der Waals surface area contributed by atoms with E-state index in [4.69, 9.17) is 23.2 Å². The van der Waals surface area contributed by atoms with Crippen LogP contribution in [0.25, 0.3) is 0 Å². The van der Waals surface area contributed by atoms with E-state index in [1.807, 2.05) is 17.5 Å². The Balaban J connectivity index is 1.68. The molecule has 2 aromatic heterocycles. The maximum Gasteiger partial charge on any atom is 0.266 e. The molecule has 0 radical (unpaired) electrons. The maximum atomic E-state index is 11.9. The fraction of sp³-hybridized carbons (Fsp3) is 0. The van der Waals surface area contributed by atoms with Crippen molar-refractivity contribution in [3.8, 4) is 0 Å². The van der Waals surface area contributed by atoms with Gasteiger partial charge in [-0.2, -0.15) is 0 Å². The van der Waals surface area contributed by atoms with Crippen molar-refractivity contribution in [1.82, 2.24) is 4.98 Å². The lowest BCUT2D eigenvalue weighted by Crippen LogP contribution is -2.11. The molecule has 3 rings (SSSR count). The standard InChI is InChI=1S/C16H11Cl2N3OS/c17-10-6-11(18)8-13(7-10)20-12-3-4-15(19-9-12)21-16(22)14-2-1-5-23-14/h1-9,20H,(H,19,21,22). The highest BCUT2D eigenvalue weighted by atomic mass is 35.5. The second-order valence-electron chi connectivity index (χ2n) is 4.65. The van der Waals surface area contributed by atoms with Crippen LogP contribution in [0, 0.1) is 0 Å². The topological polar surface area (TPSA) is 54.0 Å². The fourth-order valence-corrected chi connectivity index (χ4v) is 3.07. The normalized spacial score (nSPS) is 10.3. The fourth-order valence-electron chi connectivity index (χ4n) is 1.92.